The second-order valence-electron chi connectivity index (χ2n) is 10.1. The zero-order chi connectivity index (χ0) is 28.7. The molecule has 0 saturated carbocycles. The monoisotopic (exact) mass is 558 g/mol. The second-order valence-corrected chi connectivity index (χ2v) is 11.0. The number of carbonyl (C=O) groups is 3. The van der Waals surface area contributed by atoms with E-state index >= 15 is 0 Å². The minimum Gasteiger partial charge on any atom is -0.461 e. The van der Waals surface area contributed by atoms with Crippen LogP contribution in [0.2, 0.25) is 0 Å². The number of aromatic nitrogens is 2. The van der Waals surface area contributed by atoms with Gasteiger partial charge in [-0.15, -0.1) is 11.3 Å². The van der Waals surface area contributed by atoms with Gasteiger partial charge in [0.15, 0.2) is 5.69 Å². The summed E-state index contributed by atoms with van der Waals surface area (Å²) in [4.78, 5) is 54.4. The SMILES string of the molecule is CCOC(=O)c1nn(-c2ccc(C)c(C)c2)c(=O)c2c(NC(=O)C3CC(=O)N(c4ccc(C)c(C)c4)C3)scc12. The molecule has 1 atom stereocenters. The molecule has 206 valence electrons. The van der Waals surface area contributed by atoms with Gasteiger partial charge in [-0.1, -0.05) is 12.1 Å². The maximum atomic E-state index is 13.7. The van der Waals surface area contributed by atoms with Crippen molar-refractivity contribution in [3.8, 4) is 5.69 Å². The molecule has 5 rings (SSSR count). The van der Waals surface area contributed by atoms with E-state index in [1.165, 1.54) is 4.68 Å². The van der Waals surface area contributed by atoms with E-state index in [0.717, 1.165) is 39.3 Å². The van der Waals surface area contributed by atoms with E-state index in [9.17, 15) is 19.2 Å². The van der Waals surface area contributed by atoms with Gasteiger partial charge in [0.1, 0.15) is 5.00 Å². The normalized spacial score (nSPS) is 15.1. The highest BCUT2D eigenvalue weighted by molar-refractivity contribution is 7.16. The van der Waals surface area contributed by atoms with E-state index in [-0.39, 0.29) is 42.5 Å². The number of ether oxygens (including phenoxy) is 1. The van der Waals surface area contributed by atoms with Crippen molar-refractivity contribution in [3.63, 3.8) is 0 Å². The summed E-state index contributed by atoms with van der Waals surface area (Å²) in [6.45, 7) is 9.94. The van der Waals surface area contributed by atoms with Crippen LogP contribution in [0.3, 0.4) is 0 Å². The Kier molecular flexibility index (Phi) is 7.29. The molecule has 1 fully saturated rings. The number of fused-ring (bicyclic) bond motifs is 1. The van der Waals surface area contributed by atoms with Gasteiger partial charge in [-0.3, -0.25) is 14.4 Å². The van der Waals surface area contributed by atoms with Crippen LogP contribution in [0.15, 0.2) is 46.6 Å². The molecule has 2 aromatic carbocycles. The predicted molar refractivity (Wildman–Crippen MR) is 156 cm³/mol. The molecule has 3 heterocycles. The molecule has 10 heteroatoms. The smallest absolute Gasteiger partial charge is 0.359 e. The number of thiophene rings is 1. The van der Waals surface area contributed by atoms with Gasteiger partial charge in [-0.05, 0) is 81.1 Å². The Hall–Kier alpha value is -4.31. The summed E-state index contributed by atoms with van der Waals surface area (Å²) < 4.78 is 6.39. The van der Waals surface area contributed by atoms with Gasteiger partial charge in [0.2, 0.25) is 11.8 Å². The van der Waals surface area contributed by atoms with Crippen molar-refractivity contribution in [2.75, 3.05) is 23.4 Å². The lowest BCUT2D eigenvalue weighted by Crippen LogP contribution is -2.29. The largest absolute Gasteiger partial charge is 0.461 e. The van der Waals surface area contributed by atoms with Crippen molar-refractivity contribution < 1.29 is 19.1 Å². The van der Waals surface area contributed by atoms with Gasteiger partial charge in [-0.2, -0.15) is 9.78 Å². The number of benzene rings is 2. The first-order valence-corrected chi connectivity index (χ1v) is 13.9. The van der Waals surface area contributed by atoms with E-state index < -0.39 is 17.4 Å². The molecule has 1 N–H and O–H groups in total. The van der Waals surface area contributed by atoms with Crippen molar-refractivity contribution in [1.82, 2.24) is 9.78 Å². The Morgan fingerprint density at radius 2 is 1.65 bits per heavy atom. The van der Waals surface area contributed by atoms with Crippen molar-refractivity contribution >= 4 is 50.6 Å². The molecule has 1 unspecified atom stereocenters. The van der Waals surface area contributed by atoms with Gasteiger partial charge in [-0.25, -0.2) is 4.79 Å². The molecule has 0 bridgehead atoms. The third kappa shape index (κ3) is 4.90. The Morgan fingerprint density at radius 1 is 1.00 bits per heavy atom. The van der Waals surface area contributed by atoms with Gasteiger partial charge in [0.05, 0.1) is 23.6 Å². The van der Waals surface area contributed by atoms with Crippen LogP contribution in [-0.2, 0) is 14.3 Å². The predicted octanol–water partition coefficient (Wildman–Crippen LogP) is 4.85. The first kappa shape index (κ1) is 27.3. The number of anilines is 2. The molecule has 0 aliphatic carbocycles. The fourth-order valence-electron chi connectivity index (χ4n) is 4.76. The van der Waals surface area contributed by atoms with E-state index in [4.69, 9.17) is 4.74 Å². The van der Waals surface area contributed by atoms with Gasteiger partial charge in [0, 0.05) is 29.4 Å². The van der Waals surface area contributed by atoms with Crippen molar-refractivity contribution in [3.05, 3.63) is 80.1 Å². The van der Waals surface area contributed by atoms with Crippen molar-refractivity contribution in [2.45, 2.75) is 41.0 Å². The first-order valence-electron chi connectivity index (χ1n) is 13.1. The number of esters is 1. The fourth-order valence-corrected chi connectivity index (χ4v) is 5.70. The maximum absolute atomic E-state index is 13.7. The molecule has 0 spiro atoms. The van der Waals surface area contributed by atoms with Gasteiger partial charge >= 0.3 is 5.97 Å². The Bertz CT molecular complexity index is 1740. The Morgan fingerprint density at radius 3 is 2.30 bits per heavy atom. The highest BCUT2D eigenvalue weighted by atomic mass is 32.1. The summed E-state index contributed by atoms with van der Waals surface area (Å²) in [7, 11) is 0. The Balaban J connectivity index is 1.51. The molecule has 40 heavy (non-hydrogen) atoms. The van der Waals surface area contributed by atoms with E-state index in [2.05, 4.69) is 10.4 Å². The number of hydrogen-bond acceptors (Lipinski definition) is 7. The molecule has 0 radical (unpaired) electrons. The van der Waals surface area contributed by atoms with Crippen LogP contribution >= 0.6 is 11.3 Å². The number of rotatable bonds is 6. The summed E-state index contributed by atoms with van der Waals surface area (Å²) in [5.41, 5.74) is 4.97. The lowest BCUT2D eigenvalue weighted by molar-refractivity contribution is -0.122. The van der Waals surface area contributed by atoms with E-state index in [1.807, 2.05) is 58.0 Å². The van der Waals surface area contributed by atoms with Gasteiger partial charge in [0.25, 0.3) is 5.56 Å². The summed E-state index contributed by atoms with van der Waals surface area (Å²) in [5.74, 6) is -1.76. The average molecular weight is 559 g/mol. The lowest BCUT2D eigenvalue weighted by Gasteiger charge is -2.18. The first-order chi connectivity index (χ1) is 19.1. The third-order valence-electron chi connectivity index (χ3n) is 7.39. The summed E-state index contributed by atoms with van der Waals surface area (Å²) in [6.07, 6.45) is 0.0601. The molecule has 4 aromatic rings. The van der Waals surface area contributed by atoms with E-state index in [1.54, 1.807) is 23.3 Å². The molecule has 2 amide bonds. The minimum atomic E-state index is -0.661. The molecule has 1 saturated heterocycles. The van der Waals surface area contributed by atoms with Crippen LogP contribution in [0.4, 0.5) is 10.7 Å². The maximum Gasteiger partial charge on any atom is 0.359 e. The minimum absolute atomic E-state index is 0.0108. The topological polar surface area (TPSA) is 111 Å². The lowest BCUT2D eigenvalue weighted by atomic mass is 10.1. The van der Waals surface area contributed by atoms with Crippen LogP contribution in [0.5, 0.6) is 0 Å². The standard InChI is InChI=1S/C30H30N4O5S/c1-6-39-30(38)26-23-15-40-28(25(23)29(37)34(32-26)22-10-8-17(3)19(5)12-22)31-27(36)20-13-24(35)33(14-20)21-9-7-16(2)18(4)11-21/h7-12,15,20H,6,13-14H2,1-5H3,(H,31,36). The van der Waals surface area contributed by atoms with Crippen molar-refractivity contribution in [1.29, 1.82) is 0 Å². The number of hydrogen-bond donors (Lipinski definition) is 1. The third-order valence-corrected chi connectivity index (χ3v) is 8.29. The average Bonchev–Trinajstić information content (AvgIpc) is 3.52. The molecule has 1 aliphatic heterocycles. The Labute approximate surface area is 235 Å². The molecule has 9 nitrogen and oxygen atoms in total. The molecule has 1 aliphatic rings. The van der Waals surface area contributed by atoms with Crippen LogP contribution in [0.25, 0.3) is 16.5 Å². The quantitative estimate of drug-likeness (QED) is 0.339. The highest BCUT2D eigenvalue weighted by Gasteiger charge is 2.36. The number of nitrogens with zero attached hydrogens (tertiary/aromatic N) is 3. The van der Waals surface area contributed by atoms with E-state index in [0.29, 0.717) is 16.1 Å². The summed E-state index contributed by atoms with van der Waals surface area (Å²) in [5, 5.41) is 9.64. The number of amides is 2. The molecular formula is C30H30N4O5S. The zero-order valence-corrected chi connectivity index (χ0v) is 23.8. The second kappa shape index (κ2) is 10.7. The fraction of sp³-hybridized carbons (Fsp3) is 0.300. The summed E-state index contributed by atoms with van der Waals surface area (Å²) >= 11 is 1.13. The summed E-state index contributed by atoms with van der Waals surface area (Å²) in [6, 6.07) is 11.2. The van der Waals surface area contributed by atoms with Crippen molar-refractivity contribution in [2.24, 2.45) is 5.92 Å². The van der Waals surface area contributed by atoms with Gasteiger partial charge < -0.3 is 15.0 Å². The van der Waals surface area contributed by atoms with Crippen LogP contribution < -0.4 is 15.8 Å². The highest BCUT2D eigenvalue weighted by Crippen LogP contribution is 2.33. The number of nitrogens with one attached hydrogen (secondary N) is 1. The van der Waals surface area contributed by atoms with Crippen LogP contribution in [0, 0.1) is 33.6 Å². The van der Waals surface area contributed by atoms with Crippen LogP contribution in [-0.4, -0.2) is 40.7 Å². The zero-order valence-electron chi connectivity index (χ0n) is 23.0. The number of carbonyl (C=O) groups excluding carboxylic acids is 3. The number of aryl methyl sites for hydroxylation is 4. The van der Waals surface area contributed by atoms with Crippen LogP contribution in [0.1, 0.15) is 46.1 Å². The molecular weight excluding hydrogens is 528 g/mol. The molecule has 2 aromatic heterocycles.